The molecule has 1 heterocycles. The largest absolute Gasteiger partial charge is 0.325 e. The Kier molecular flexibility index (Phi) is 3.59. The van der Waals surface area contributed by atoms with Crippen LogP contribution in [0, 0.1) is 5.41 Å². The maximum Gasteiger partial charge on any atom is 0.325 e. The van der Waals surface area contributed by atoms with Crippen LogP contribution in [0.3, 0.4) is 0 Å². The Morgan fingerprint density at radius 2 is 1.75 bits per heavy atom. The zero-order valence-electron chi connectivity index (χ0n) is 12.6. The van der Waals surface area contributed by atoms with E-state index in [1.807, 2.05) is 37.3 Å². The Morgan fingerprint density at radius 1 is 1.15 bits per heavy atom. The summed E-state index contributed by atoms with van der Waals surface area (Å²) in [4.78, 5) is 26.0. The lowest BCUT2D eigenvalue weighted by molar-refractivity contribution is -0.126. The van der Waals surface area contributed by atoms with Crippen molar-refractivity contribution in [3.05, 3.63) is 35.9 Å². The Balaban J connectivity index is 2.33. The number of amides is 3. The average molecular weight is 274 g/mol. The molecule has 0 aromatic heterocycles. The summed E-state index contributed by atoms with van der Waals surface area (Å²) in [6.07, 6.45) is 0.843. The number of benzene rings is 1. The Labute approximate surface area is 120 Å². The van der Waals surface area contributed by atoms with Crippen molar-refractivity contribution in [3.63, 3.8) is 0 Å². The minimum Gasteiger partial charge on any atom is -0.306 e. The summed E-state index contributed by atoms with van der Waals surface area (Å²) in [5.74, 6) is -0.248. The van der Waals surface area contributed by atoms with Crippen molar-refractivity contribution in [1.29, 1.82) is 0 Å². The van der Waals surface area contributed by atoms with E-state index in [0.29, 0.717) is 6.54 Å². The Bertz CT molecular complexity index is 519. The number of nitrogens with zero attached hydrogens (tertiary/aromatic N) is 1. The summed E-state index contributed by atoms with van der Waals surface area (Å²) in [6, 6.07) is 9.16. The molecule has 0 bridgehead atoms. The SMILES string of the molecule is CC(C)(C)CCN1C(=O)NC(=O)C1(C)c1ccccc1. The molecule has 4 nitrogen and oxygen atoms in total. The normalized spacial score (nSPS) is 23.1. The zero-order valence-corrected chi connectivity index (χ0v) is 12.6. The van der Waals surface area contributed by atoms with Crippen LogP contribution in [0.2, 0.25) is 0 Å². The molecule has 1 unspecified atom stereocenters. The van der Waals surface area contributed by atoms with Crippen molar-refractivity contribution < 1.29 is 9.59 Å². The van der Waals surface area contributed by atoms with Crippen LogP contribution < -0.4 is 5.32 Å². The molecular weight excluding hydrogens is 252 g/mol. The third kappa shape index (κ3) is 2.55. The molecule has 1 aromatic carbocycles. The molecule has 0 aliphatic carbocycles. The van der Waals surface area contributed by atoms with Gasteiger partial charge in [0, 0.05) is 6.54 Å². The topological polar surface area (TPSA) is 49.4 Å². The summed E-state index contributed by atoms with van der Waals surface area (Å²) >= 11 is 0. The van der Waals surface area contributed by atoms with Gasteiger partial charge in [-0.15, -0.1) is 0 Å². The molecule has 4 heteroatoms. The van der Waals surface area contributed by atoms with Crippen LogP contribution in [0.5, 0.6) is 0 Å². The van der Waals surface area contributed by atoms with E-state index in [1.54, 1.807) is 4.90 Å². The maximum absolute atomic E-state index is 12.3. The van der Waals surface area contributed by atoms with Gasteiger partial charge in [-0.1, -0.05) is 51.1 Å². The molecule has 1 N–H and O–H groups in total. The lowest BCUT2D eigenvalue weighted by Crippen LogP contribution is -2.45. The fourth-order valence-electron chi connectivity index (χ4n) is 2.43. The summed E-state index contributed by atoms with van der Waals surface area (Å²) in [6.45, 7) is 8.76. The Hall–Kier alpha value is -1.84. The van der Waals surface area contributed by atoms with E-state index < -0.39 is 5.54 Å². The molecule has 0 radical (unpaired) electrons. The first-order chi connectivity index (χ1) is 9.25. The fraction of sp³-hybridized carbons (Fsp3) is 0.500. The summed E-state index contributed by atoms with van der Waals surface area (Å²) < 4.78 is 0. The first-order valence-electron chi connectivity index (χ1n) is 6.94. The predicted molar refractivity (Wildman–Crippen MR) is 78.1 cm³/mol. The average Bonchev–Trinajstić information content (AvgIpc) is 2.59. The number of hydrogen-bond acceptors (Lipinski definition) is 2. The molecular formula is C16H22N2O2. The van der Waals surface area contributed by atoms with E-state index in [9.17, 15) is 9.59 Å². The highest BCUT2D eigenvalue weighted by Gasteiger charge is 2.50. The van der Waals surface area contributed by atoms with Crippen molar-refractivity contribution in [2.45, 2.75) is 39.7 Å². The van der Waals surface area contributed by atoms with Gasteiger partial charge < -0.3 is 4.90 Å². The number of hydrogen-bond donors (Lipinski definition) is 1. The van der Waals surface area contributed by atoms with Crippen molar-refractivity contribution in [1.82, 2.24) is 10.2 Å². The van der Waals surface area contributed by atoms with Gasteiger partial charge in [-0.2, -0.15) is 0 Å². The molecule has 20 heavy (non-hydrogen) atoms. The summed E-state index contributed by atoms with van der Waals surface area (Å²) in [5, 5.41) is 2.44. The second-order valence-electron chi connectivity index (χ2n) is 6.66. The highest BCUT2D eigenvalue weighted by atomic mass is 16.2. The number of carbonyl (C=O) groups excluding carboxylic acids is 2. The van der Waals surface area contributed by atoms with Crippen molar-refractivity contribution in [2.75, 3.05) is 6.54 Å². The van der Waals surface area contributed by atoms with Crippen LogP contribution >= 0.6 is 0 Å². The first-order valence-corrected chi connectivity index (χ1v) is 6.94. The number of urea groups is 1. The highest BCUT2D eigenvalue weighted by Crippen LogP contribution is 2.34. The number of imide groups is 1. The molecule has 2 rings (SSSR count). The van der Waals surface area contributed by atoms with Crippen molar-refractivity contribution >= 4 is 11.9 Å². The van der Waals surface area contributed by atoms with Crippen molar-refractivity contribution in [2.24, 2.45) is 5.41 Å². The summed E-state index contributed by atoms with van der Waals surface area (Å²) in [7, 11) is 0. The van der Waals surface area contributed by atoms with E-state index in [-0.39, 0.29) is 17.4 Å². The molecule has 1 atom stereocenters. The number of rotatable bonds is 3. The van der Waals surface area contributed by atoms with Gasteiger partial charge in [-0.25, -0.2) is 4.79 Å². The third-order valence-electron chi connectivity index (χ3n) is 3.87. The van der Waals surface area contributed by atoms with Gasteiger partial charge >= 0.3 is 6.03 Å². The van der Waals surface area contributed by atoms with Crippen LogP contribution in [0.1, 0.15) is 39.7 Å². The molecule has 0 saturated carbocycles. The quantitative estimate of drug-likeness (QED) is 0.862. The van der Waals surface area contributed by atoms with Gasteiger partial charge in [-0.3, -0.25) is 10.1 Å². The van der Waals surface area contributed by atoms with Crippen LogP contribution in [0.4, 0.5) is 4.79 Å². The maximum atomic E-state index is 12.3. The van der Waals surface area contributed by atoms with E-state index in [1.165, 1.54) is 0 Å². The molecule has 3 amide bonds. The fourth-order valence-corrected chi connectivity index (χ4v) is 2.43. The standard InChI is InChI=1S/C16H22N2O2/c1-15(2,3)10-11-18-14(20)17-13(19)16(18,4)12-8-6-5-7-9-12/h5-9H,10-11H2,1-4H3,(H,17,19,20). The smallest absolute Gasteiger partial charge is 0.306 e. The van der Waals surface area contributed by atoms with Gasteiger partial charge in [0.2, 0.25) is 0 Å². The minimum absolute atomic E-state index is 0.115. The monoisotopic (exact) mass is 274 g/mol. The van der Waals surface area contributed by atoms with Gasteiger partial charge in [0.05, 0.1) is 0 Å². The molecule has 1 saturated heterocycles. The predicted octanol–water partition coefficient (Wildman–Crippen LogP) is 2.89. The zero-order chi connectivity index (χ0) is 15.0. The minimum atomic E-state index is -0.913. The van der Waals surface area contributed by atoms with Gasteiger partial charge in [0.25, 0.3) is 5.91 Å². The second-order valence-corrected chi connectivity index (χ2v) is 6.66. The van der Waals surface area contributed by atoms with E-state index in [4.69, 9.17) is 0 Å². The van der Waals surface area contributed by atoms with Gasteiger partial charge in [0.1, 0.15) is 5.54 Å². The Morgan fingerprint density at radius 3 is 2.30 bits per heavy atom. The molecule has 1 aliphatic rings. The number of nitrogens with one attached hydrogen (secondary N) is 1. The van der Waals surface area contributed by atoms with Crippen molar-refractivity contribution in [3.8, 4) is 0 Å². The molecule has 1 aliphatic heterocycles. The van der Waals surface area contributed by atoms with Crippen LogP contribution in [0.15, 0.2) is 30.3 Å². The van der Waals surface area contributed by atoms with E-state index >= 15 is 0 Å². The molecule has 0 spiro atoms. The summed E-state index contributed by atoms with van der Waals surface area (Å²) in [5.41, 5.74) is 0.0462. The van der Waals surface area contributed by atoms with Crippen LogP contribution in [0.25, 0.3) is 0 Å². The number of carbonyl (C=O) groups is 2. The third-order valence-corrected chi connectivity index (χ3v) is 3.87. The molecule has 1 aromatic rings. The lowest BCUT2D eigenvalue weighted by atomic mass is 9.88. The van der Waals surface area contributed by atoms with Gasteiger partial charge in [-0.05, 0) is 24.3 Å². The molecule has 1 fully saturated rings. The van der Waals surface area contributed by atoms with E-state index in [0.717, 1.165) is 12.0 Å². The van der Waals surface area contributed by atoms with Crippen LogP contribution in [-0.4, -0.2) is 23.4 Å². The van der Waals surface area contributed by atoms with Gasteiger partial charge in [0.15, 0.2) is 0 Å². The first kappa shape index (κ1) is 14.6. The highest BCUT2D eigenvalue weighted by molar-refractivity contribution is 6.07. The van der Waals surface area contributed by atoms with E-state index in [2.05, 4.69) is 26.1 Å². The lowest BCUT2D eigenvalue weighted by Gasteiger charge is -2.34. The van der Waals surface area contributed by atoms with Crippen LogP contribution in [-0.2, 0) is 10.3 Å². The molecule has 108 valence electrons. The second kappa shape index (κ2) is 4.93.